The molecule has 1 heterocycles. The first-order chi connectivity index (χ1) is 10.6. The van der Waals surface area contributed by atoms with Crippen LogP contribution in [0.1, 0.15) is 16.7 Å². The zero-order chi connectivity index (χ0) is 17.3. The number of rotatable bonds is 3. The van der Waals surface area contributed by atoms with Crippen molar-refractivity contribution in [1.29, 1.82) is 0 Å². The highest BCUT2D eigenvalue weighted by Crippen LogP contribution is 2.33. The lowest BCUT2D eigenvalue weighted by Gasteiger charge is -2.12. The fourth-order valence-corrected chi connectivity index (χ4v) is 2.00. The molecule has 0 amide bonds. The van der Waals surface area contributed by atoms with Crippen LogP contribution in [0, 0.1) is 0 Å². The number of hydrogen-bond donors (Lipinski definition) is 1. The molecule has 1 N–H and O–H groups in total. The third-order valence-corrected chi connectivity index (χ3v) is 3.17. The number of halogens is 7. The van der Waals surface area contributed by atoms with Crippen molar-refractivity contribution in [3.63, 3.8) is 0 Å². The van der Waals surface area contributed by atoms with Crippen molar-refractivity contribution in [2.24, 2.45) is 0 Å². The summed E-state index contributed by atoms with van der Waals surface area (Å²) >= 11 is 5.70. The van der Waals surface area contributed by atoms with Crippen LogP contribution < -0.4 is 5.32 Å². The van der Waals surface area contributed by atoms with Crippen LogP contribution in [0.3, 0.4) is 0 Å². The highest BCUT2D eigenvalue weighted by atomic mass is 35.5. The van der Waals surface area contributed by atoms with Gasteiger partial charge in [0.2, 0.25) is 0 Å². The normalized spacial score (nSPS) is 12.3. The van der Waals surface area contributed by atoms with Gasteiger partial charge in [0.25, 0.3) is 0 Å². The van der Waals surface area contributed by atoms with Gasteiger partial charge in [-0.1, -0.05) is 23.7 Å². The van der Waals surface area contributed by atoms with Gasteiger partial charge >= 0.3 is 12.4 Å². The molecule has 0 saturated heterocycles. The van der Waals surface area contributed by atoms with Gasteiger partial charge in [0.1, 0.15) is 5.82 Å². The van der Waals surface area contributed by atoms with E-state index in [4.69, 9.17) is 11.6 Å². The zero-order valence-electron chi connectivity index (χ0n) is 11.3. The van der Waals surface area contributed by atoms with Crippen molar-refractivity contribution < 1.29 is 26.3 Å². The van der Waals surface area contributed by atoms with Gasteiger partial charge in [-0.25, -0.2) is 4.98 Å². The van der Waals surface area contributed by atoms with Crippen molar-refractivity contribution in [2.75, 3.05) is 5.32 Å². The molecule has 0 spiro atoms. The lowest BCUT2D eigenvalue weighted by atomic mass is 10.1. The minimum absolute atomic E-state index is 0.0444. The molecule has 0 aliphatic rings. The standard InChI is InChI=1S/C14H9ClF6N2/c15-11-5-10(14(19,20)21)7-23-12(11)22-6-8-2-1-3-9(4-8)13(16,17)18/h1-5,7H,6H2,(H,22,23). The maximum atomic E-state index is 12.6. The average Bonchev–Trinajstić information content (AvgIpc) is 2.44. The molecule has 0 atom stereocenters. The molecule has 1 aromatic carbocycles. The molecule has 9 heteroatoms. The van der Waals surface area contributed by atoms with Crippen LogP contribution in [0.25, 0.3) is 0 Å². The van der Waals surface area contributed by atoms with Crippen molar-refractivity contribution >= 4 is 17.4 Å². The Labute approximate surface area is 132 Å². The van der Waals surface area contributed by atoms with E-state index in [2.05, 4.69) is 10.3 Å². The fourth-order valence-electron chi connectivity index (χ4n) is 1.77. The second kappa shape index (κ2) is 6.27. The van der Waals surface area contributed by atoms with Crippen LogP contribution in [0.5, 0.6) is 0 Å². The summed E-state index contributed by atoms with van der Waals surface area (Å²) in [4.78, 5) is 3.55. The molecule has 0 unspecified atom stereocenters. The summed E-state index contributed by atoms with van der Waals surface area (Å²) in [6.07, 6.45) is -8.45. The average molecular weight is 355 g/mol. The predicted octanol–water partition coefficient (Wildman–Crippen LogP) is 5.38. The third kappa shape index (κ3) is 4.51. The molecule has 0 bridgehead atoms. The van der Waals surface area contributed by atoms with Gasteiger partial charge in [0.05, 0.1) is 16.1 Å². The Balaban J connectivity index is 2.13. The predicted molar refractivity (Wildman–Crippen MR) is 73.0 cm³/mol. The maximum absolute atomic E-state index is 12.6. The summed E-state index contributed by atoms with van der Waals surface area (Å²) in [7, 11) is 0. The molecule has 0 aliphatic heterocycles. The Bertz CT molecular complexity index is 696. The Hall–Kier alpha value is -1.96. The molecule has 23 heavy (non-hydrogen) atoms. The van der Waals surface area contributed by atoms with Crippen molar-refractivity contribution in [1.82, 2.24) is 4.98 Å². The second-order valence-corrected chi connectivity index (χ2v) is 5.01. The van der Waals surface area contributed by atoms with Gasteiger partial charge in [-0.2, -0.15) is 26.3 Å². The first-order valence-corrected chi connectivity index (χ1v) is 6.58. The highest BCUT2D eigenvalue weighted by molar-refractivity contribution is 6.32. The number of benzene rings is 1. The Kier molecular flexibility index (Phi) is 4.74. The van der Waals surface area contributed by atoms with Gasteiger partial charge in [0, 0.05) is 12.7 Å². The van der Waals surface area contributed by atoms with Gasteiger partial charge in [-0.05, 0) is 23.8 Å². The topological polar surface area (TPSA) is 24.9 Å². The van der Waals surface area contributed by atoms with Crippen molar-refractivity contribution in [2.45, 2.75) is 18.9 Å². The van der Waals surface area contributed by atoms with E-state index >= 15 is 0 Å². The van der Waals surface area contributed by atoms with E-state index in [0.717, 1.165) is 12.1 Å². The van der Waals surface area contributed by atoms with Gasteiger partial charge in [-0.3, -0.25) is 0 Å². The van der Waals surface area contributed by atoms with Crippen LogP contribution in [0.15, 0.2) is 36.5 Å². The largest absolute Gasteiger partial charge is 0.417 e. The Morgan fingerprint density at radius 3 is 2.17 bits per heavy atom. The van der Waals surface area contributed by atoms with Crippen molar-refractivity contribution in [3.8, 4) is 0 Å². The third-order valence-electron chi connectivity index (χ3n) is 2.88. The number of pyridine rings is 1. The lowest BCUT2D eigenvalue weighted by molar-refractivity contribution is -0.138. The number of alkyl halides is 6. The fraction of sp³-hybridized carbons (Fsp3) is 0.214. The van der Waals surface area contributed by atoms with Crippen LogP contribution >= 0.6 is 11.6 Å². The highest BCUT2D eigenvalue weighted by Gasteiger charge is 2.32. The number of nitrogens with one attached hydrogen (secondary N) is 1. The minimum atomic E-state index is -4.57. The minimum Gasteiger partial charge on any atom is -0.365 e. The Morgan fingerprint density at radius 2 is 1.61 bits per heavy atom. The molecule has 1 aromatic heterocycles. The quantitative estimate of drug-likeness (QED) is 0.748. The van der Waals surface area contributed by atoms with Gasteiger partial charge in [-0.15, -0.1) is 0 Å². The van der Waals surface area contributed by atoms with Crippen LogP contribution in [0.2, 0.25) is 5.02 Å². The van der Waals surface area contributed by atoms with Crippen LogP contribution in [0.4, 0.5) is 32.2 Å². The maximum Gasteiger partial charge on any atom is 0.417 e. The van der Waals surface area contributed by atoms with Gasteiger partial charge in [0.15, 0.2) is 0 Å². The molecule has 2 nitrogen and oxygen atoms in total. The van der Waals surface area contributed by atoms with Crippen molar-refractivity contribution in [3.05, 3.63) is 58.2 Å². The summed E-state index contributed by atoms with van der Waals surface area (Å²) in [6, 6.07) is 5.24. The van der Waals surface area contributed by atoms with E-state index in [1.54, 1.807) is 0 Å². The van der Waals surface area contributed by atoms with E-state index in [0.29, 0.717) is 12.3 Å². The Morgan fingerprint density at radius 1 is 0.957 bits per heavy atom. The molecular weight excluding hydrogens is 346 g/mol. The summed E-state index contributed by atoms with van der Waals surface area (Å²) in [5, 5.41) is 2.34. The lowest BCUT2D eigenvalue weighted by Crippen LogP contribution is -2.09. The summed E-state index contributed by atoms with van der Waals surface area (Å²) < 4.78 is 75.2. The molecule has 0 fully saturated rings. The number of nitrogens with zero attached hydrogens (tertiary/aromatic N) is 1. The zero-order valence-corrected chi connectivity index (χ0v) is 12.0. The van der Waals surface area contributed by atoms with E-state index in [-0.39, 0.29) is 22.9 Å². The van der Waals surface area contributed by atoms with E-state index in [1.807, 2.05) is 0 Å². The molecule has 0 aliphatic carbocycles. The molecule has 124 valence electrons. The smallest absolute Gasteiger partial charge is 0.365 e. The number of anilines is 1. The van der Waals surface area contributed by atoms with E-state index in [9.17, 15) is 26.3 Å². The summed E-state index contributed by atoms with van der Waals surface area (Å²) in [6.45, 7) is -0.0675. The monoisotopic (exact) mass is 354 g/mol. The number of aromatic nitrogens is 1. The number of hydrogen-bond acceptors (Lipinski definition) is 2. The molecule has 0 saturated carbocycles. The van der Waals surface area contributed by atoms with Gasteiger partial charge < -0.3 is 5.32 Å². The molecule has 0 radical (unpaired) electrons. The van der Waals surface area contributed by atoms with E-state index in [1.165, 1.54) is 12.1 Å². The summed E-state index contributed by atoms with van der Waals surface area (Å²) in [5.41, 5.74) is -1.53. The second-order valence-electron chi connectivity index (χ2n) is 4.60. The molecular formula is C14H9ClF6N2. The first kappa shape index (κ1) is 17.4. The molecule has 2 rings (SSSR count). The first-order valence-electron chi connectivity index (χ1n) is 6.20. The van der Waals surface area contributed by atoms with E-state index < -0.39 is 23.5 Å². The molecule has 2 aromatic rings. The van der Waals surface area contributed by atoms with Crippen LogP contribution in [-0.2, 0) is 18.9 Å². The van der Waals surface area contributed by atoms with Crippen LogP contribution in [-0.4, -0.2) is 4.98 Å². The SMILES string of the molecule is FC(F)(F)c1cccc(CNc2ncc(C(F)(F)F)cc2Cl)c1. The summed E-state index contributed by atoms with van der Waals surface area (Å²) in [5.74, 6) is -0.0444.